The Morgan fingerprint density at radius 2 is 1.93 bits per heavy atom. The molecule has 0 radical (unpaired) electrons. The molecule has 150 valence electrons. The molecule has 0 spiro atoms. The van der Waals surface area contributed by atoms with E-state index < -0.39 is 5.97 Å². The van der Waals surface area contributed by atoms with E-state index in [1.54, 1.807) is 31.2 Å². The third kappa shape index (κ3) is 5.03. The molecular weight excluding hydrogens is 388 g/mol. The molecule has 3 aromatic rings. The lowest BCUT2D eigenvalue weighted by molar-refractivity contribution is -0.113. The van der Waals surface area contributed by atoms with Crippen LogP contribution >= 0.6 is 11.8 Å². The first-order valence-electron chi connectivity index (χ1n) is 9.14. The number of amides is 1. The molecule has 0 atom stereocenters. The van der Waals surface area contributed by atoms with Gasteiger partial charge in [0.15, 0.2) is 11.0 Å². The van der Waals surface area contributed by atoms with Gasteiger partial charge in [0.1, 0.15) is 0 Å². The quantitative estimate of drug-likeness (QED) is 0.472. The zero-order valence-corrected chi connectivity index (χ0v) is 17.3. The maximum atomic E-state index is 12.3. The molecule has 2 aromatic carbocycles. The number of thioether (sulfide) groups is 1. The summed E-state index contributed by atoms with van der Waals surface area (Å²) in [5, 5.41) is 11.9. The Morgan fingerprint density at radius 1 is 1.14 bits per heavy atom. The lowest BCUT2D eigenvalue weighted by Gasteiger charge is -2.08. The molecule has 7 nitrogen and oxygen atoms in total. The molecule has 1 amide bonds. The lowest BCUT2D eigenvalue weighted by atomic mass is 10.1. The number of rotatable bonds is 7. The molecule has 3 rings (SSSR count). The molecule has 8 heteroatoms. The Morgan fingerprint density at radius 3 is 2.69 bits per heavy atom. The van der Waals surface area contributed by atoms with Crippen LogP contribution in [0.3, 0.4) is 0 Å². The summed E-state index contributed by atoms with van der Waals surface area (Å²) in [7, 11) is 1.88. The van der Waals surface area contributed by atoms with Crippen LogP contribution in [0.2, 0.25) is 0 Å². The van der Waals surface area contributed by atoms with Gasteiger partial charge in [0, 0.05) is 18.3 Å². The maximum Gasteiger partial charge on any atom is 0.338 e. The highest BCUT2D eigenvalue weighted by Crippen LogP contribution is 2.25. The normalized spacial score (nSPS) is 10.6. The molecule has 0 aliphatic rings. The van der Waals surface area contributed by atoms with Gasteiger partial charge in [-0.3, -0.25) is 4.79 Å². The predicted molar refractivity (Wildman–Crippen MR) is 113 cm³/mol. The molecule has 0 fully saturated rings. The summed E-state index contributed by atoms with van der Waals surface area (Å²) in [6, 6.07) is 14.6. The summed E-state index contributed by atoms with van der Waals surface area (Å²) in [4.78, 5) is 24.1. The fraction of sp³-hybridized carbons (Fsp3) is 0.238. The first-order chi connectivity index (χ1) is 14.0. The molecule has 1 N–H and O–H groups in total. The first kappa shape index (κ1) is 20.6. The molecule has 0 saturated heterocycles. The van der Waals surface area contributed by atoms with Crippen molar-refractivity contribution >= 4 is 29.3 Å². The number of carbonyl (C=O) groups is 2. The highest BCUT2D eigenvalue weighted by molar-refractivity contribution is 7.99. The van der Waals surface area contributed by atoms with Crippen LogP contribution in [0.4, 0.5) is 5.69 Å². The second kappa shape index (κ2) is 9.38. The Kier molecular flexibility index (Phi) is 6.66. The molecule has 1 aromatic heterocycles. The summed E-state index contributed by atoms with van der Waals surface area (Å²) in [5.74, 6) is 0.314. The molecule has 0 aliphatic heterocycles. The smallest absolute Gasteiger partial charge is 0.338 e. The van der Waals surface area contributed by atoms with E-state index in [4.69, 9.17) is 4.74 Å². The average molecular weight is 410 g/mol. The predicted octanol–water partition coefficient (Wildman–Crippen LogP) is 3.70. The molecular formula is C21H22N4O3S. The number of carbonyl (C=O) groups excluding carboxylic acids is 2. The average Bonchev–Trinajstić information content (AvgIpc) is 3.07. The number of benzene rings is 2. The van der Waals surface area contributed by atoms with Crippen molar-refractivity contribution in [2.75, 3.05) is 17.7 Å². The zero-order chi connectivity index (χ0) is 20.8. The first-order valence-corrected chi connectivity index (χ1v) is 10.1. The van der Waals surface area contributed by atoms with Gasteiger partial charge in [0.05, 0.1) is 17.9 Å². The van der Waals surface area contributed by atoms with E-state index in [9.17, 15) is 9.59 Å². The third-order valence-corrected chi connectivity index (χ3v) is 5.23. The summed E-state index contributed by atoms with van der Waals surface area (Å²) >= 11 is 1.30. The van der Waals surface area contributed by atoms with Gasteiger partial charge in [0.25, 0.3) is 0 Å². The number of nitrogens with one attached hydrogen (secondary N) is 1. The van der Waals surface area contributed by atoms with E-state index >= 15 is 0 Å². The second-order valence-corrected chi connectivity index (χ2v) is 7.26. The summed E-state index contributed by atoms with van der Waals surface area (Å²) in [5.41, 5.74) is 3.06. The van der Waals surface area contributed by atoms with Crippen LogP contribution in [0.1, 0.15) is 22.8 Å². The van der Waals surface area contributed by atoms with E-state index in [1.807, 2.05) is 42.8 Å². The van der Waals surface area contributed by atoms with Crippen LogP contribution in [-0.2, 0) is 16.6 Å². The number of aryl methyl sites for hydroxylation is 1. The molecule has 0 unspecified atom stereocenters. The Bertz CT molecular complexity index is 1030. The topological polar surface area (TPSA) is 86.1 Å². The monoisotopic (exact) mass is 410 g/mol. The maximum absolute atomic E-state index is 12.3. The second-order valence-electron chi connectivity index (χ2n) is 6.32. The number of esters is 1. The van der Waals surface area contributed by atoms with Crippen LogP contribution < -0.4 is 5.32 Å². The van der Waals surface area contributed by atoms with Gasteiger partial charge in [-0.15, -0.1) is 10.2 Å². The van der Waals surface area contributed by atoms with Crippen LogP contribution in [0.25, 0.3) is 11.4 Å². The highest BCUT2D eigenvalue weighted by Gasteiger charge is 2.14. The number of ether oxygens (including phenoxy) is 1. The molecule has 29 heavy (non-hydrogen) atoms. The van der Waals surface area contributed by atoms with E-state index in [1.165, 1.54) is 11.8 Å². The largest absolute Gasteiger partial charge is 0.462 e. The Balaban J connectivity index is 1.63. The van der Waals surface area contributed by atoms with Crippen LogP contribution in [0.15, 0.2) is 53.7 Å². The SMILES string of the molecule is CCOC(=O)c1cccc(NC(=O)CSc2nnc(-c3ccccc3C)n2C)c1. The standard InChI is InChI=1S/C21H22N4O3S/c1-4-28-20(27)15-9-7-10-16(12-15)22-18(26)13-29-21-24-23-19(25(21)3)17-11-6-5-8-14(17)2/h5-12H,4,13H2,1-3H3,(H,22,26). The zero-order valence-electron chi connectivity index (χ0n) is 16.5. The van der Waals surface area contributed by atoms with Crippen molar-refractivity contribution in [1.82, 2.24) is 14.8 Å². The minimum atomic E-state index is -0.416. The van der Waals surface area contributed by atoms with Gasteiger partial charge in [-0.1, -0.05) is 42.1 Å². The number of nitrogens with zero attached hydrogens (tertiary/aromatic N) is 3. The van der Waals surface area contributed by atoms with Gasteiger partial charge >= 0.3 is 5.97 Å². The van der Waals surface area contributed by atoms with Crippen molar-refractivity contribution in [2.24, 2.45) is 7.05 Å². The Hall–Kier alpha value is -3.13. The number of hydrogen-bond acceptors (Lipinski definition) is 6. The van der Waals surface area contributed by atoms with E-state index in [-0.39, 0.29) is 11.7 Å². The van der Waals surface area contributed by atoms with Crippen molar-refractivity contribution in [3.8, 4) is 11.4 Å². The van der Waals surface area contributed by atoms with Gasteiger partial charge in [-0.2, -0.15) is 0 Å². The molecule has 0 saturated carbocycles. The van der Waals surface area contributed by atoms with Gasteiger partial charge in [0.2, 0.25) is 5.91 Å². The van der Waals surface area contributed by atoms with E-state index in [2.05, 4.69) is 15.5 Å². The number of aromatic nitrogens is 3. The van der Waals surface area contributed by atoms with Crippen LogP contribution in [0, 0.1) is 6.92 Å². The van der Waals surface area contributed by atoms with Crippen molar-refractivity contribution < 1.29 is 14.3 Å². The van der Waals surface area contributed by atoms with Gasteiger partial charge < -0.3 is 14.6 Å². The number of hydrogen-bond donors (Lipinski definition) is 1. The van der Waals surface area contributed by atoms with E-state index in [0.29, 0.717) is 23.0 Å². The summed E-state index contributed by atoms with van der Waals surface area (Å²) in [6.45, 7) is 4.07. The summed E-state index contributed by atoms with van der Waals surface area (Å²) in [6.07, 6.45) is 0. The van der Waals surface area contributed by atoms with Crippen molar-refractivity contribution in [3.05, 3.63) is 59.7 Å². The fourth-order valence-corrected chi connectivity index (χ4v) is 3.48. The molecule has 0 aliphatic carbocycles. The van der Waals surface area contributed by atoms with E-state index in [0.717, 1.165) is 17.0 Å². The van der Waals surface area contributed by atoms with Crippen LogP contribution in [-0.4, -0.2) is 39.0 Å². The lowest BCUT2D eigenvalue weighted by Crippen LogP contribution is -2.15. The van der Waals surface area contributed by atoms with Gasteiger partial charge in [-0.25, -0.2) is 4.79 Å². The molecule has 1 heterocycles. The number of anilines is 1. The van der Waals surface area contributed by atoms with Crippen molar-refractivity contribution in [1.29, 1.82) is 0 Å². The minimum absolute atomic E-state index is 0.170. The van der Waals surface area contributed by atoms with Gasteiger partial charge in [-0.05, 0) is 37.6 Å². The highest BCUT2D eigenvalue weighted by atomic mass is 32.2. The fourth-order valence-electron chi connectivity index (χ4n) is 2.76. The summed E-state index contributed by atoms with van der Waals surface area (Å²) < 4.78 is 6.86. The van der Waals surface area contributed by atoms with Crippen molar-refractivity contribution in [3.63, 3.8) is 0 Å². The third-order valence-electron chi connectivity index (χ3n) is 4.21. The molecule has 0 bridgehead atoms. The minimum Gasteiger partial charge on any atom is -0.462 e. The van der Waals surface area contributed by atoms with Crippen LogP contribution in [0.5, 0.6) is 0 Å². The Labute approximate surface area is 173 Å². The van der Waals surface area contributed by atoms with Crippen molar-refractivity contribution in [2.45, 2.75) is 19.0 Å².